The highest BCUT2D eigenvalue weighted by molar-refractivity contribution is 6.00. The van der Waals surface area contributed by atoms with Crippen molar-refractivity contribution in [1.82, 2.24) is 14.8 Å². The minimum absolute atomic E-state index is 0.153. The van der Waals surface area contributed by atoms with Crippen LogP contribution in [0.25, 0.3) is 11.4 Å². The molecule has 1 saturated carbocycles. The van der Waals surface area contributed by atoms with Crippen LogP contribution in [-0.4, -0.2) is 26.2 Å². The normalized spacial score (nSPS) is 17.3. The lowest BCUT2D eigenvalue weighted by Crippen LogP contribution is -2.50. The molecule has 1 fully saturated rings. The van der Waals surface area contributed by atoms with E-state index in [1.807, 2.05) is 35.9 Å². The van der Waals surface area contributed by atoms with Crippen LogP contribution < -0.4 is 11.1 Å². The molecule has 0 radical (unpaired) electrons. The van der Waals surface area contributed by atoms with E-state index in [2.05, 4.69) is 15.5 Å². The van der Waals surface area contributed by atoms with Gasteiger partial charge in [-0.2, -0.15) is 0 Å². The second-order valence-electron chi connectivity index (χ2n) is 5.82. The Kier molecular flexibility index (Phi) is 3.25. The number of rotatable bonds is 4. The molecule has 3 N–H and O–H groups in total. The summed E-state index contributed by atoms with van der Waals surface area (Å²) in [6.07, 6.45) is 3.67. The fourth-order valence-electron chi connectivity index (χ4n) is 2.44. The van der Waals surface area contributed by atoms with Crippen molar-refractivity contribution in [2.45, 2.75) is 25.3 Å². The maximum Gasteiger partial charge on any atom is 0.244 e. The molecule has 6 heteroatoms. The number of nitrogens with one attached hydrogen (secondary N) is 1. The summed E-state index contributed by atoms with van der Waals surface area (Å²) >= 11 is 0. The third kappa shape index (κ3) is 2.54. The Labute approximate surface area is 123 Å². The largest absolute Gasteiger partial charge is 0.324 e. The summed E-state index contributed by atoms with van der Waals surface area (Å²) < 4.78 is 1.81. The number of nitrogens with two attached hydrogens (primary N) is 1. The molecule has 1 heterocycles. The first-order chi connectivity index (χ1) is 10.00. The van der Waals surface area contributed by atoms with Crippen molar-refractivity contribution in [2.24, 2.45) is 18.7 Å². The van der Waals surface area contributed by atoms with E-state index in [0.717, 1.165) is 18.4 Å². The number of aryl methyl sites for hydroxylation is 1. The molecule has 6 nitrogen and oxygen atoms in total. The average Bonchev–Trinajstić information content (AvgIpc) is 3.23. The Balaban J connectivity index is 1.90. The van der Waals surface area contributed by atoms with Crippen molar-refractivity contribution < 1.29 is 4.79 Å². The third-order valence-corrected chi connectivity index (χ3v) is 4.04. The Morgan fingerprint density at radius 2 is 2.14 bits per heavy atom. The van der Waals surface area contributed by atoms with Gasteiger partial charge in [-0.1, -0.05) is 12.1 Å². The Hall–Kier alpha value is -2.21. The maximum atomic E-state index is 12.4. The van der Waals surface area contributed by atoms with Crippen molar-refractivity contribution in [1.29, 1.82) is 0 Å². The van der Waals surface area contributed by atoms with Gasteiger partial charge in [0.25, 0.3) is 0 Å². The fourth-order valence-corrected chi connectivity index (χ4v) is 2.44. The van der Waals surface area contributed by atoms with Crippen LogP contribution in [0.5, 0.6) is 0 Å². The van der Waals surface area contributed by atoms with Crippen LogP contribution in [-0.2, 0) is 11.8 Å². The number of hydrogen-bond donors (Lipinski definition) is 2. The van der Waals surface area contributed by atoms with E-state index < -0.39 is 5.54 Å². The summed E-state index contributed by atoms with van der Waals surface area (Å²) in [5.74, 6) is 0.829. The maximum absolute atomic E-state index is 12.4. The zero-order valence-corrected chi connectivity index (χ0v) is 12.2. The number of aromatic nitrogens is 3. The minimum Gasteiger partial charge on any atom is -0.324 e. The second-order valence-corrected chi connectivity index (χ2v) is 5.82. The summed E-state index contributed by atoms with van der Waals surface area (Å²) in [7, 11) is 1.87. The molecule has 0 saturated heterocycles. The first-order valence-corrected chi connectivity index (χ1v) is 7.04. The van der Waals surface area contributed by atoms with Crippen LogP contribution >= 0.6 is 0 Å². The van der Waals surface area contributed by atoms with Crippen LogP contribution in [0.4, 0.5) is 5.69 Å². The van der Waals surface area contributed by atoms with Gasteiger partial charge in [-0.05, 0) is 37.8 Å². The Morgan fingerprint density at radius 1 is 1.43 bits per heavy atom. The van der Waals surface area contributed by atoms with E-state index in [0.29, 0.717) is 11.5 Å². The van der Waals surface area contributed by atoms with E-state index in [1.54, 1.807) is 13.3 Å². The molecule has 0 bridgehead atoms. The molecule has 3 rings (SSSR count). The van der Waals surface area contributed by atoms with E-state index >= 15 is 0 Å². The SMILES string of the molecule is Cn1cnnc1-c1ccccc1NC(=O)C(C)(N)C1CC1. The fraction of sp³-hybridized carbons (Fsp3) is 0.400. The predicted molar refractivity (Wildman–Crippen MR) is 80.4 cm³/mol. The molecule has 1 unspecified atom stereocenters. The van der Waals surface area contributed by atoms with Crippen molar-refractivity contribution in [3.63, 3.8) is 0 Å². The summed E-state index contributed by atoms with van der Waals surface area (Å²) in [4.78, 5) is 12.4. The molecule has 1 aliphatic carbocycles. The number of benzene rings is 1. The van der Waals surface area contributed by atoms with Gasteiger partial charge in [0.1, 0.15) is 6.33 Å². The number of carbonyl (C=O) groups excluding carboxylic acids is 1. The van der Waals surface area contributed by atoms with Gasteiger partial charge < -0.3 is 15.6 Å². The molecule has 1 aliphatic rings. The van der Waals surface area contributed by atoms with Crippen LogP contribution in [0.2, 0.25) is 0 Å². The van der Waals surface area contributed by atoms with Crippen molar-refractivity contribution in [2.75, 3.05) is 5.32 Å². The van der Waals surface area contributed by atoms with Crippen LogP contribution in [0.3, 0.4) is 0 Å². The van der Waals surface area contributed by atoms with Crippen molar-refractivity contribution in [3.05, 3.63) is 30.6 Å². The molecule has 1 amide bonds. The topological polar surface area (TPSA) is 85.8 Å². The van der Waals surface area contributed by atoms with Gasteiger partial charge in [-0.25, -0.2) is 0 Å². The van der Waals surface area contributed by atoms with Gasteiger partial charge in [0.2, 0.25) is 5.91 Å². The molecule has 110 valence electrons. The smallest absolute Gasteiger partial charge is 0.244 e. The number of amides is 1. The number of para-hydroxylation sites is 1. The lowest BCUT2D eigenvalue weighted by Gasteiger charge is -2.23. The molecular weight excluding hydrogens is 266 g/mol. The van der Waals surface area contributed by atoms with Gasteiger partial charge in [-0.3, -0.25) is 4.79 Å². The average molecular weight is 285 g/mol. The Morgan fingerprint density at radius 3 is 2.76 bits per heavy atom. The lowest BCUT2D eigenvalue weighted by molar-refractivity contribution is -0.121. The zero-order chi connectivity index (χ0) is 15.0. The van der Waals surface area contributed by atoms with E-state index in [4.69, 9.17) is 5.73 Å². The highest BCUT2D eigenvalue weighted by atomic mass is 16.2. The second kappa shape index (κ2) is 4.96. The van der Waals surface area contributed by atoms with E-state index in [9.17, 15) is 4.79 Å². The number of anilines is 1. The summed E-state index contributed by atoms with van der Waals surface area (Å²) in [5, 5.41) is 10.9. The first-order valence-electron chi connectivity index (χ1n) is 7.04. The molecule has 1 aromatic carbocycles. The monoisotopic (exact) mass is 285 g/mol. The number of carbonyl (C=O) groups is 1. The first kappa shape index (κ1) is 13.8. The van der Waals surface area contributed by atoms with Crippen molar-refractivity contribution in [3.8, 4) is 11.4 Å². The molecule has 2 aromatic rings. The lowest BCUT2D eigenvalue weighted by atomic mass is 9.96. The van der Waals surface area contributed by atoms with Crippen LogP contribution in [0, 0.1) is 5.92 Å². The molecule has 0 aliphatic heterocycles. The molecular formula is C15H19N5O. The van der Waals surface area contributed by atoms with Crippen LogP contribution in [0.1, 0.15) is 19.8 Å². The minimum atomic E-state index is -0.826. The van der Waals surface area contributed by atoms with Gasteiger partial charge in [0, 0.05) is 12.6 Å². The predicted octanol–water partition coefficient (Wildman–Crippen LogP) is 1.55. The van der Waals surface area contributed by atoms with Gasteiger partial charge in [-0.15, -0.1) is 10.2 Å². The highest BCUT2D eigenvalue weighted by Gasteiger charge is 2.44. The summed E-state index contributed by atoms with van der Waals surface area (Å²) in [5.41, 5.74) is 6.88. The van der Waals surface area contributed by atoms with Crippen molar-refractivity contribution >= 4 is 11.6 Å². The molecule has 0 spiro atoms. The van der Waals surface area contributed by atoms with Gasteiger partial charge >= 0.3 is 0 Å². The van der Waals surface area contributed by atoms with Gasteiger partial charge in [0.15, 0.2) is 5.82 Å². The Bertz CT molecular complexity index is 672. The quantitative estimate of drug-likeness (QED) is 0.892. The molecule has 1 atom stereocenters. The summed E-state index contributed by atoms with van der Waals surface area (Å²) in [6, 6.07) is 7.54. The highest BCUT2D eigenvalue weighted by Crippen LogP contribution is 2.39. The van der Waals surface area contributed by atoms with E-state index in [-0.39, 0.29) is 11.8 Å². The number of nitrogens with zero attached hydrogens (tertiary/aromatic N) is 3. The number of hydrogen-bond acceptors (Lipinski definition) is 4. The van der Waals surface area contributed by atoms with Gasteiger partial charge in [0.05, 0.1) is 11.2 Å². The zero-order valence-electron chi connectivity index (χ0n) is 12.2. The summed E-state index contributed by atoms with van der Waals surface area (Å²) in [6.45, 7) is 1.80. The van der Waals surface area contributed by atoms with Crippen LogP contribution in [0.15, 0.2) is 30.6 Å². The third-order valence-electron chi connectivity index (χ3n) is 4.04. The molecule has 1 aromatic heterocycles. The van der Waals surface area contributed by atoms with E-state index in [1.165, 1.54) is 0 Å². The molecule has 21 heavy (non-hydrogen) atoms. The standard InChI is InChI=1S/C15H19N5O/c1-15(16,10-7-8-10)14(21)18-12-6-4-3-5-11(12)13-19-17-9-20(13)2/h3-6,9-10H,7-8,16H2,1-2H3,(H,18,21).